The Morgan fingerprint density at radius 3 is 2.25 bits per heavy atom. The second-order valence-electron chi connectivity index (χ2n) is 6.14. The summed E-state index contributed by atoms with van der Waals surface area (Å²) in [6.07, 6.45) is 7.82. The Labute approximate surface area is 123 Å². The molecule has 0 aliphatic heterocycles. The van der Waals surface area contributed by atoms with Crippen molar-refractivity contribution >= 4 is 5.91 Å². The van der Waals surface area contributed by atoms with E-state index in [1.807, 2.05) is 4.90 Å². The van der Waals surface area contributed by atoms with Crippen molar-refractivity contribution in [2.45, 2.75) is 71.3 Å². The topological polar surface area (TPSA) is 66.6 Å². The first kappa shape index (κ1) is 17.4. The number of nitrogens with two attached hydrogens (primary N) is 1. The Kier molecular flexibility index (Phi) is 7.52. The second-order valence-corrected chi connectivity index (χ2v) is 6.14. The standard InChI is InChI=1S/C16H32N2O2/c1-3-9-16(13-17,10-4-2)15(20)18(11-6-12-19)14-7-5-8-14/h14,19H,3-13,17H2,1-2H3. The summed E-state index contributed by atoms with van der Waals surface area (Å²) in [5.74, 6) is 0.238. The van der Waals surface area contributed by atoms with Gasteiger partial charge in [-0.05, 0) is 38.5 Å². The maximum Gasteiger partial charge on any atom is 0.230 e. The van der Waals surface area contributed by atoms with E-state index in [-0.39, 0.29) is 17.9 Å². The molecule has 20 heavy (non-hydrogen) atoms. The van der Waals surface area contributed by atoms with Crippen molar-refractivity contribution in [3.05, 3.63) is 0 Å². The molecule has 118 valence electrons. The zero-order chi connectivity index (χ0) is 15.0. The van der Waals surface area contributed by atoms with E-state index in [9.17, 15) is 4.79 Å². The first-order valence-electron chi connectivity index (χ1n) is 8.27. The number of aliphatic hydroxyl groups is 1. The molecule has 1 rings (SSSR count). The Bertz CT molecular complexity index is 284. The molecule has 0 spiro atoms. The summed E-state index contributed by atoms with van der Waals surface area (Å²) < 4.78 is 0. The highest BCUT2D eigenvalue weighted by molar-refractivity contribution is 5.83. The Balaban J connectivity index is 2.85. The molecule has 0 atom stereocenters. The van der Waals surface area contributed by atoms with Crippen LogP contribution in [0.2, 0.25) is 0 Å². The molecule has 1 saturated carbocycles. The van der Waals surface area contributed by atoms with E-state index in [1.165, 1.54) is 6.42 Å². The van der Waals surface area contributed by atoms with E-state index in [0.29, 0.717) is 25.6 Å². The molecule has 0 heterocycles. The van der Waals surface area contributed by atoms with Gasteiger partial charge < -0.3 is 15.7 Å². The van der Waals surface area contributed by atoms with Crippen LogP contribution in [-0.4, -0.2) is 41.7 Å². The Morgan fingerprint density at radius 2 is 1.90 bits per heavy atom. The van der Waals surface area contributed by atoms with E-state index in [2.05, 4.69) is 13.8 Å². The van der Waals surface area contributed by atoms with Gasteiger partial charge in [-0.1, -0.05) is 26.7 Å². The molecule has 1 aliphatic rings. The van der Waals surface area contributed by atoms with Crippen molar-refractivity contribution in [1.82, 2.24) is 4.90 Å². The number of hydrogen-bond acceptors (Lipinski definition) is 3. The van der Waals surface area contributed by atoms with Crippen molar-refractivity contribution in [3.8, 4) is 0 Å². The summed E-state index contributed by atoms with van der Waals surface area (Å²) in [7, 11) is 0. The third kappa shape index (κ3) is 3.95. The lowest BCUT2D eigenvalue weighted by atomic mass is 9.76. The minimum Gasteiger partial charge on any atom is -0.396 e. The summed E-state index contributed by atoms with van der Waals surface area (Å²) in [5.41, 5.74) is 5.63. The molecule has 3 N–H and O–H groups in total. The largest absolute Gasteiger partial charge is 0.396 e. The Morgan fingerprint density at radius 1 is 1.30 bits per heavy atom. The first-order chi connectivity index (χ1) is 9.65. The lowest BCUT2D eigenvalue weighted by molar-refractivity contribution is -0.147. The number of amides is 1. The summed E-state index contributed by atoms with van der Waals surface area (Å²) in [4.78, 5) is 15.1. The molecular weight excluding hydrogens is 252 g/mol. The molecule has 0 aromatic carbocycles. The highest BCUT2D eigenvalue weighted by Gasteiger charge is 2.41. The quantitative estimate of drug-likeness (QED) is 0.647. The van der Waals surface area contributed by atoms with Crippen LogP contribution < -0.4 is 5.73 Å². The van der Waals surface area contributed by atoms with Gasteiger partial charge in [0.2, 0.25) is 5.91 Å². The van der Waals surface area contributed by atoms with Crippen LogP contribution in [0.5, 0.6) is 0 Å². The minimum atomic E-state index is -0.380. The lowest BCUT2D eigenvalue weighted by Gasteiger charge is -2.43. The molecule has 4 heteroatoms. The molecule has 0 unspecified atom stereocenters. The smallest absolute Gasteiger partial charge is 0.230 e. The molecule has 0 radical (unpaired) electrons. The van der Waals surface area contributed by atoms with Crippen LogP contribution in [0, 0.1) is 5.41 Å². The highest BCUT2D eigenvalue weighted by atomic mass is 16.3. The van der Waals surface area contributed by atoms with E-state index < -0.39 is 0 Å². The number of rotatable bonds is 10. The zero-order valence-electron chi connectivity index (χ0n) is 13.2. The molecule has 0 aromatic heterocycles. The predicted molar refractivity (Wildman–Crippen MR) is 82.4 cm³/mol. The van der Waals surface area contributed by atoms with Gasteiger partial charge in [-0.25, -0.2) is 0 Å². The number of hydrogen-bond donors (Lipinski definition) is 2. The third-order valence-electron chi connectivity index (χ3n) is 4.63. The maximum absolute atomic E-state index is 13.1. The summed E-state index contributed by atoms with van der Waals surface area (Å²) in [6, 6.07) is 0.383. The van der Waals surface area contributed by atoms with Gasteiger partial charge in [0.25, 0.3) is 0 Å². The number of carbonyl (C=O) groups excluding carboxylic acids is 1. The molecule has 1 fully saturated rings. The van der Waals surface area contributed by atoms with E-state index in [4.69, 9.17) is 10.8 Å². The molecule has 1 aliphatic carbocycles. The van der Waals surface area contributed by atoms with Crippen molar-refractivity contribution in [2.24, 2.45) is 11.1 Å². The maximum atomic E-state index is 13.1. The van der Waals surface area contributed by atoms with Gasteiger partial charge in [0.15, 0.2) is 0 Å². The van der Waals surface area contributed by atoms with Gasteiger partial charge in [0.05, 0.1) is 5.41 Å². The van der Waals surface area contributed by atoms with Crippen LogP contribution in [0.3, 0.4) is 0 Å². The summed E-state index contributed by atoms with van der Waals surface area (Å²) in [5, 5.41) is 9.07. The van der Waals surface area contributed by atoms with Crippen molar-refractivity contribution < 1.29 is 9.90 Å². The van der Waals surface area contributed by atoms with Crippen LogP contribution in [0.4, 0.5) is 0 Å². The average Bonchev–Trinajstić information content (AvgIpc) is 2.40. The fraction of sp³-hybridized carbons (Fsp3) is 0.938. The first-order valence-corrected chi connectivity index (χ1v) is 8.27. The number of aliphatic hydroxyl groups excluding tert-OH is 1. The van der Waals surface area contributed by atoms with Gasteiger partial charge in [0.1, 0.15) is 0 Å². The van der Waals surface area contributed by atoms with Crippen LogP contribution in [0.1, 0.15) is 65.2 Å². The van der Waals surface area contributed by atoms with Crippen LogP contribution in [0.25, 0.3) is 0 Å². The number of carbonyl (C=O) groups is 1. The van der Waals surface area contributed by atoms with Gasteiger partial charge in [0, 0.05) is 25.7 Å². The molecule has 4 nitrogen and oxygen atoms in total. The van der Waals surface area contributed by atoms with E-state index in [0.717, 1.165) is 38.5 Å². The summed E-state index contributed by atoms with van der Waals surface area (Å²) >= 11 is 0. The fourth-order valence-electron chi connectivity index (χ4n) is 3.28. The molecule has 0 aromatic rings. The average molecular weight is 284 g/mol. The van der Waals surface area contributed by atoms with E-state index >= 15 is 0 Å². The van der Waals surface area contributed by atoms with Crippen molar-refractivity contribution in [2.75, 3.05) is 19.7 Å². The van der Waals surface area contributed by atoms with Crippen molar-refractivity contribution in [3.63, 3.8) is 0 Å². The van der Waals surface area contributed by atoms with Gasteiger partial charge in [-0.2, -0.15) is 0 Å². The van der Waals surface area contributed by atoms with Crippen LogP contribution >= 0.6 is 0 Å². The van der Waals surface area contributed by atoms with Gasteiger partial charge >= 0.3 is 0 Å². The zero-order valence-corrected chi connectivity index (χ0v) is 13.2. The lowest BCUT2D eigenvalue weighted by Crippen LogP contribution is -2.54. The third-order valence-corrected chi connectivity index (χ3v) is 4.63. The molecule has 0 bridgehead atoms. The summed E-state index contributed by atoms with van der Waals surface area (Å²) in [6.45, 7) is 5.50. The second kappa shape index (κ2) is 8.63. The predicted octanol–water partition coefficient (Wildman–Crippen LogP) is 2.30. The van der Waals surface area contributed by atoms with Crippen molar-refractivity contribution in [1.29, 1.82) is 0 Å². The fourth-order valence-corrected chi connectivity index (χ4v) is 3.28. The van der Waals surface area contributed by atoms with Gasteiger partial charge in [-0.15, -0.1) is 0 Å². The molecule has 0 saturated heterocycles. The van der Waals surface area contributed by atoms with Crippen LogP contribution in [-0.2, 0) is 4.79 Å². The van der Waals surface area contributed by atoms with E-state index in [1.54, 1.807) is 0 Å². The normalized spacial score (nSPS) is 16.0. The molecule has 1 amide bonds. The SMILES string of the molecule is CCCC(CN)(CCC)C(=O)N(CCCO)C1CCC1. The monoisotopic (exact) mass is 284 g/mol. The van der Waals surface area contributed by atoms with Gasteiger partial charge in [-0.3, -0.25) is 4.79 Å². The minimum absolute atomic E-state index is 0.147. The molecular formula is C16H32N2O2. The van der Waals surface area contributed by atoms with Crippen LogP contribution in [0.15, 0.2) is 0 Å². The Hall–Kier alpha value is -0.610. The number of nitrogens with zero attached hydrogens (tertiary/aromatic N) is 1. The highest BCUT2D eigenvalue weighted by Crippen LogP contribution is 2.35.